The number of carbonyl (C=O) groups is 1. The molecule has 0 fully saturated rings. The van der Waals surface area contributed by atoms with E-state index in [-0.39, 0.29) is 17.4 Å². The normalized spacial score (nSPS) is 10.7. The third-order valence-electron chi connectivity index (χ3n) is 3.26. The van der Waals surface area contributed by atoms with E-state index in [1.165, 1.54) is 0 Å². The van der Waals surface area contributed by atoms with Gasteiger partial charge in [-0.25, -0.2) is 0 Å². The summed E-state index contributed by atoms with van der Waals surface area (Å²) in [7, 11) is 1.73. The molecule has 0 saturated heterocycles. The number of amides is 1. The Kier molecular flexibility index (Phi) is 4.67. The Morgan fingerprint density at radius 1 is 1.26 bits per heavy atom. The summed E-state index contributed by atoms with van der Waals surface area (Å²) in [6.07, 6.45) is 0. The molecular weight excluding hydrogens is 427 g/mol. The molecule has 0 saturated carbocycles. The maximum atomic E-state index is 12.0. The summed E-state index contributed by atoms with van der Waals surface area (Å²) in [6, 6.07) is 12.9. The van der Waals surface area contributed by atoms with Crippen LogP contribution in [0.1, 0.15) is 0 Å². The van der Waals surface area contributed by atoms with Gasteiger partial charge in [-0.1, -0.05) is 11.3 Å². The van der Waals surface area contributed by atoms with E-state index in [0.29, 0.717) is 11.4 Å². The number of anilines is 1. The molecule has 3 aromatic rings. The molecule has 5 nitrogen and oxygen atoms in total. The second-order valence-corrected chi connectivity index (χ2v) is 7.14. The van der Waals surface area contributed by atoms with Crippen LogP contribution < -0.4 is 14.9 Å². The van der Waals surface area contributed by atoms with Gasteiger partial charge in [0.25, 0.3) is 5.91 Å². The van der Waals surface area contributed by atoms with Gasteiger partial charge in [0.1, 0.15) is 5.75 Å². The van der Waals surface area contributed by atoms with Crippen LogP contribution in [0.3, 0.4) is 0 Å². The van der Waals surface area contributed by atoms with Crippen molar-refractivity contribution in [2.75, 3.05) is 11.9 Å². The highest BCUT2D eigenvalue weighted by Crippen LogP contribution is 2.21. The first-order valence-electron chi connectivity index (χ1n) is 6.81. The molecule has 1 N–H and O–H groups in total. The summed E-state index contributed by atoms with van der Waals surface area (Å²) >= 11 is 3.36. The Balaban J connectivity index is 1.65. The maximum absolute atomic E-state index is 12.0. The molecule has 23 heavy (non-hydrogen) atoms. The second-order valence-electron chi connectivity index (χ2n) is 4.90. The van der Waals surface area contributed by atoms with Crippen LogP contribution in [-0.2, 0) is 11.8 Å². The Morgan fingerprint density at radius 3 is 2.74 bits per heavy atom. The Labute approximate surface area is 150 Å². The molecule has 0 aliphatic rings. The first kappa shape index (κ1) is 16.0. The minimum absolute atomic E-state index is 0.0227. The average Bonchev–Trinajstić information content (AvgIpc) is 2.81. The summed E-state index contributed by atoms with van der Waals surface area (Å²) in [5, 5.41) is 2.77. The fourth-order valence-corrected chi connectivity index (χ4v) is 3.37. The van der Waals surface area contributed by atoms with Gasteiger partial charge in [-0.15, -0.1) is 0 Å². The predicted molar refractivity (Wildman–Crippen MR) is 100 cm³/mol. The van der Waals surface area contributed by atoms with E-state index in [1.54, 1.807) is 23.7 Å². The Morgan fingerprint density at radius 2 is 2.00 bits per heavy atom. The number of aromatic nitrogens is 1. The third-order valence-corrected chi connectivity index (χ3v) is 4.97. The number of rotatable bonds is 4. The molecule has 0 unspecified atom stereocenters. The standard InChI is InChI=1S/C16H13IN2O3S/c1-19-13-7-4-11(8-14(13)23-16(19)21)18-15(20)9-22-12-5-2-10(17)3-6-12/h2-8H,9H2,1H3,(H,18,20). The number of aryl methyl sites for hydroxylation is 1. The summed E-state index contributed by atoms with van der Waals surface area (Å²) in [6.45, 7) is -0.0658. The number of hydrogen-bond acceptors (Lipinski definition) is 4. The summed E-state index contributed by atoms with van der Waals surface area (Å²) < 4.78 is 8.98. The molecule has 1 aromatic heterocycles. The zero-order chi connectivity index (χ0) is 16.4. The second kappa shape index (κ2) is 6.71. The van der Waals surface area contributed by atoms with E-state index in [2.05, 4.69) is 27.9 Å². The van der Waals surface area contributed by atoms with E-state index in [9.17, 15) is 9.59 Å². The highest BCUT2D eigenvalue weighted by Gasteiger charge is 2.08. The molecule has 7 heteroatoms. The molecule has 0 aliphatic carbocycles. The van der Waals surface area contributed by atoms with Crippen molar-refractivity contribution in [1.82, 2.24) is 4.57 Å². The zero-order valence-electron chi connectivity index (χ0n) is 12.2. The van der Waals surface area contributed by atoms with Gasteiger partial charge in [-0.3, -0.25) is 9.59 Å². The lowest BCUT2D eigenvalue weighted by molar-refractivity contribution is -0.118. The van der Waals surface area contributed by atoms with Crippen molar-refractivity contribution in [3.63, 3.8) is 0 Å². The molecular formula is C16H13IN2O3S. The van der Waals surface area contributed by atoms with Gasteiger partial charge in [-0.2, -0.15) is 0 Å². The van der Waals surface area contributed by atoms with Crippen molar-refractivity contribution in [1.29, 1.82) is 0 Å². The summed E-state index contributed by atoms with van der Waals surface area (Å²) in [5.41, 5.74) is 1.50. The number of benzene rings is 2. The van der Waals surface area contributed by atoms with Gasteiger partial charge in [0, 0.05) is 16.3 Å². The molecule has 0 radical (unpaired) electrons. The summed E-state index contributed by atoms with van der Waals surface area (Å²) in [5.74, 6) is 0.406. The van der Waals surface area contributed by atoms with E-state index in [4.69, 9.17) is 4.74 Å². The van der Waals surface area contributed by atoms with Crippen molar-refractivity contribution in [3.8, 4) is 5.75 Å². The highest BCUT2D eigenvalue weighted by molar-refractivity contribution is 14.1. The van der Waals surface area contributed by atoms with Gasteiger partial charge >= 0.3 is 4.87 Å². The van der Waals surface area contributed by atoms with Gasteiger partial charge in [0.05, 0.1) is 10.2 Å². The van der Waals surface area contributed by atoms with Crippen LogP contribution in [0, 0.1) is 3.57 Å². The topological polar surface area (TPSA) is 60.3 Å². The van der Waals surface area contributed by atoms with Crippen LogP contribution >= 0.6 is 33.9 Å². The van der Waals surface area contributed by atoms with Crippen molar-refractivity contribution >= 4 is 55.7 Å². The van der Waals surface area contributed by atoms with Crippen molar-refractivity contribution in [3.05, 3.63) is 55.7 Å². The van der Waals surface area contributed by atoms with Crippen molar-refractivity contribution in [2.45, 2.75) is 0 Å². The minimum Gasteiger partial charge on any atom is -0.484 e. The third kappa shape index (κ3) is 3.73. The fourth-order valence-electron chi connectivity index (χ4n) is 2.09. The van der Waals surface area contributed by atoms with Gasteiger partial charge in [0.2, 0.25) is 0 Å². The monoisotopic (exact) mass is 440 g/mol. The van der Waals surface area contributed by atoms with E-state index in [0.717, 1.165) is 25.1 Å². The first-order chi connectivity index (χ1) is 11.0. The van der Waals surface area contributed by atoms with Crippen LogP contribution in [0.15, 0.2) is 47.3 Å². The Hall–Kier alpha value is -1.87. The average molecular weight is 440 g/mol. The van der Waals surface area contributed by atoms with E-state index >= 15 is 0 Å². The van der Waals surface area contributed by atoms with Gasteiger partial charge in [-0.05, 0) is 65.1 Å². The van der Waals surface area contributed by atoms with Crippen LogP contribution in [0.25, 0.3) is 10.2 Å². The lowest BCUT2D eigenvalue weighted by atomic mass is 10.3. The first-order valence-corrected chi connectivity index (χ1v) is 8.70. The Bertz CT molecular complexity index is 915. The molecule has 2 aromatic carbocycles. The smallest absolute Gasteiger partial charge is 0.307 e. The number of nitrogens with zero attached hydrogens (tertiary/aromatic N) is 1. The van der Waals surface area contributed by atoms with Crippen molar-refractivity contribution < 1.29 is 9.53 Å². The highest BCUT2D eigenvalue weighted by atomic mass is 127. The molecule has 0 atom stereocenters. The van der Waals surface area contributed by atoms with Crippen LogP contribution in [-0.4, -0.2) is 17.1 Å². The number of thiazole rings is 1. The lowest BCUT2D eigenvalue weighted by Gasteiger charge is -2.08. The lowest BCUT2D eigenvalue weighted by Crippen LogP contribution is -2.20. The molecule has 1 amide bonds. The number of carbonyl (C=O) groups excluding carboxylic acids is 1. The number of fused-ring (bicyclic) bond motifs is 1. The number of ether oxygens (including phenoxy) is 1. The quantitative estimate of drug-likeness (QED) is 0.634. The molecule has 1 heterocycles. The molecule has 118 valence electrons. The SMILES string of the molecule is Cn1c(=O)sc2cc(NC(=O)COc3ccc(I)cc3)ccc21. The molecule has 0 spiro atoms. The maximum Gasteiger partial charge on any atom is 0.307 e. The van der Waals surface area contributed by atoms with Crippen LogP contribution in [0.2, 0.25) is 0 Å². The largest absolute Gasteiger partial charge is 0.484 e. The van der Waals surface area contributed by atoms with Gasteiger partial charge < -0.3 is 14.6 Å². The van der Waals surface area contributed by atoms with Crippen LogP contribution in [0.5, 0.6) is 5.75 Å². The van der Waals surface area contributed by atoms with E-state index in [1.807, 2.05) is 30.3 Å². The van der Waals surface area contributed by atoms with Gasteiger partial charge in [0.15, 0.2) is 6.61 Å². The molecule has 3 rings (SSSR count). The van der Waals surface area contributed by atoms with Crippen molar-refractivity contribution in [2.24, 2.45) is 7.05 Å². The number of nitrogens with one attached hydrogen (secondary N) is 1. The molecule has 0 bridgehead atoms. The predicted octanol–water partition coefficient (Wildman–Crippen LogP) is 3.22. The zero-order valence-corrected chi connectivity index (χ0v) is 15.2. The summed E-state index contributed by atoms with van der Waals surface area (Å²) in [4.78, 5) is 23.6. The molecule has 0 aliphatic heterocycles. The minimum atomic E-state index is -0.244. The fraction of sp³-hybridized carbons (Fsp3) is 0.125. The number of halogens is 1. The van der Waals surface area contributed by atoms with Crippen LogP contribution in [0.4, 0.5) is 5.69 Å². The van der Waals surface area contributed by atoms with E-state index < -0.39 is 0 Å². The number of hydrogen-bond donors (Lipinski definition) is 1.